The van der Waals surface area contributed by atoms with E-state index >= 15 is 0 Å². The summed E-state index contributed by atoms with van der Waals surface area (Å²) in [5.74, 6) is 0. The third-order valence-corrected chi connectivity index (χ3v) is 1.92. The van der Waals surface area contributed by atoms with Crippen LogP contribution >= 0.6 is 0 Å². The fourth-order valence-electron chi connectivity index (χ4n) is 1.35. The molecule has 2 rings (SSSR count). The molecule has 0 spiro atoms. The van der Waals surface area contributed by atoms with E-state index in [0.29, 0.717) is 17.5 Å². The van der Waals surface area contributed by atoms with Gasteiger partial charge in [-0.3, -0.25) is 4.79 Å². The van der Waals surface area contributed by atoms with Crippen LogP contribution in [-0.2, 0) is 6.42 Å². The van der Waals surface area contributed by atoms with Gasteiger partial charge in [-0.2, -0.15) is 0 Å². The Kier molecular flexibility index (Phi) is 1.73. The molecule has 0 aliphatic rings. The van der Waals surface area contributed by atoms with Crippen molar-refractivity contribution in [3.63, 3.8) is 0 Å². The van der Waals surface area contributed by atoms with Gasteiger partial charge in [-0.25, -0.2) is 4.98 Å². The zero-order valence-electron chi connectivity index (χ0n) is 7.00. The van der Waals surface area contributed by atoms with E-state index in [-0.39, 0.29) is 5.56 Å². The molecule has 4 heteroatoms. The number of aromatic nitrogens is 3. The van der Waals surface area contributed by atoms with Crippen LogP contribution in [0.2, 0.25) is 0 Å². The number of hydrogen-bond acceptors (Lipinski definition) is 2. The number of allylic oxidation sites excluding steroid dienone is 1. The summed E-state index contributed by atoms with van der Waals surface area (Å²) in [6.07, 6.45) is 5.61. The third kappa shape index (κ3) is 1.16. The molecule has 13 heavy (non-hydrogen) atoms. The van der Waals surface area contributed by atoms with Gasteiger partial charge in [0.1, 0.15) is 5.65 Å². The van der Waals surface area contributed by atoms with Gasteiger partial charge < -0.3 is 9.97 Å². The molecule has 2 heterocycles. The van der Waals surface area contributed by atoms with Crippen molar-refractivity contribution >= 4 is 11.0 Å². The van der Waals surface area contributed by atoms with Crippen molar-refractivity contribution < 1.29 is 0 Å². The summed E-state index contributed by atoms with van der Waals surface area (Å²) in [6.45, 7) is 3.63. The summed E-state index contributed by atoms with van der Waals surface area (Å²) in [5.41, 5.74) is 1.45. The van der Waals surface area contributed by atoms with Crippen LogP contribution in [0.4, 0.5) is 0 Å². The normalized spacial score (nSPS) is 10.5. The van der Waals surface area contributed by atoms with Crippen molar-refractivity contribution in [2.75, 3.05) is 0 Å². The van der Waals surface area contributed by atoms with Crippen LogP contribution in [0.3, 0.4) is 0 Å². The minimum absolute atomic E-state index is 0.108. The molecule has 0 radical (unpaired) electrons. The van der Waals surface area contributed by atoms with Gasteiger partial charge in [0.05, 0.1) is 11.7 Å². The van der Waals surface area contributed by atoms with Crippen molar-refractivity contribution in [1.29, 1.82) is 0 Å². The maximum atomic E-state index is 11.4. The smallest absolute Gasteiger partial charge is 0.260 e. The molecule has 0 amide bonds. The van der Waals surface area contributed by atoms with Crippen LogP contribution in [0.1, 0.15) is 5.56 Å². The monoisotopic (exact) mass is 175 g/mol. The average molecular weight is 175 g/mol. The fraction of sp³-hybridized carbons (Fsp3) is 0.111. The second-order valence-corrected chi connectivity index (χ2v) is 2.76. The first-order valence-electron chi connectivity index (χ1n) is 3.97. The van der Waals surface area contributed by atoms with E-state index in [9.17, 15) is 4.79 Å². The highest BCUT2D eigenvalue weighted by Crippen LogP contribution is 2.11. The molecule has 0 saturated heterocycles. The van der Waals surface area contributed by atoms with Crippen molar-refractivity contribution in [2.45, 2.75) is 6.42 Å². The lowest BCUT2D eigenvalue weighted by Crippen LogP contribution is -2.06. The minimum atomic E-state index is -0.108. The average Bonchev–Trinajstić information content (AvgIpc) is 2.51. The Morgan fingerprint density at radius 3 is 3.15 bits per heavy atom. The molecule has 0 aliphatic heterocycles. The van der Waals surface area contributed by atoms with Gasteiger partial charge in [-0.1, -0.05) is 6.08 Å². The standard InChI is InChI=1S/C9H9N3O/c1-2-3-6-4-10-8-7(6)9(13)12-5-11-8/h2,4-5H,1,3H2,(H2,10,11,12,13). The Hall–Kier alpha value is -1.84. The summed E-state index contributed by atoms with van der Waals surface area (Å²) in [4.78, 5) is 20.9. The largest absolute Gasteiger partial charge is 0.346 e. The molecule has 66 valence electrons. The number of H-pyrrole nitrogens is 2. The number of nitrogens with zero attached hydrogens (tertiary/aromatic N) is 1. The SMILES string of the molecule is C=CCc1c[nH]c2nc[nH]c(=O)c12. The van der Waals surface area contributed by atoms with Gasteiger partial charge in [0.15, 0.2) is 0 Å². The van der Waals surface area contributed by atoms with Crippen molar-refractivity contribution in [1.82, 2.24) is 15.0 Å². The van der Waals surface area contributed by atoms with E-state index in [0.717, 1.165) is 5.56 Å². The highest BCUT2D eigenvalue weighted by atomic mass is 16.1. The van der Waals surface area contributed by atoms with E-state index < -0.39 is 0 Å². The maximum Gasteiger partial charge on any atom is 0.260 e. The van der Waals surface area contributed by atoms with Crippen molar-refractivity contribution in [3.8, 4) is 0 Å². The molecule has 2 aromatic heterocycles. The van der Waals surface area contributed by atoms with Gasteiger partial charge in [0.2, 0.25) is 0 Å². The summed E-state index contributed by atoms with van der Waals surface area (Å²) in [6, 6.07) is 0. The zero-order chi connectivity index (χ0) is 9.26. The number of aromatic amines is 2. The van der Waals surface area contributed by atoms with E-state index in [4.69, 9.17) is 0 Å². The molecule has 4 nitrogen and oxygen atoms in total. The Balaban J connectivity index is 2.78. The van der Waals surface area contributed by atoms with Gasteiger partial charge in [-0.05, 0) is 12.0 Å². The Morgan fingerprint density at radius 2 is 2.38 bits per heavy atom. The highest BCUT2D eigenvalue weighted by Gasteiger charge is 2.05. The van der Waals surface area contributed by atoms with E-state index in [1.165, 1.54) is 6.33 Å². The first kappa shape index (κ1) is 7.79. The lowest BCUT2D eigenvalue weighted by atomic mass is 10.2. The molecule has 0 unspecified atom stereocenters. The number of nitrogens with one attached hydrogen (secondary N) is 2. The van der Waals surface area contributed by atoms with Gasteiger partial charge >= 0.3 is 0 Å². The Morgan fingerprint density at radius 1 is 1.54 bits per heavy atom. The molecule has 0 fully saturated rings. The second-order valence-electron chi connectivity index (χ2n) is 2.76. The molecule has 2 aromatic rings. The lowest BCUT2D eigenvalue weighted by Gasteiger charge is -1.90. The number of rotatable bonds is 2. The van der Waals surface area contributed by atoms with Gasteiger partial charge in [-0.15, -0.1) is 6.58 Å². The van der Waals surface area contributed by atoms with Crippen LogP contribution in [0.15, 0.2) is 30.0 Å². The number of hydrogen-bond donors (Lipinski definition) is 2. The molecular weight excluding hydrogens is 166 g/mol. The molecule has 0 saturated carbocycles. The topological polar surface area (TPSA) is 61.5 Å². The summed E-state index contributed by atoms with van der Waals surface area (Å²) >= 11 is 0. The predicted octanol–water partition coefficient (Wildman–Crippen LogP) is 0.980. The van der Waals surface area contributed by atoms with Crippen LogP contribution in [0.5, 0.6) is 0 Å². The fourth-order valence-corrected chi connectivity index (χ4v) is 1.35. The van der Waals surface area contributed by atoms with Crippen LogP contribution in [-0.4, -0.2) is 15.0 Å². The van der Waals surface area contributed by atoms with Gasteiger partial charge in [0, 0.05) is 6.20 Å². The highest BCUT2D eigenvalue weighted by molar-refractivity contribution is 5.78. The summed E-state index contributed by atoms with van der Waals surface area (Å²) < 4.78 is 0. The van der Waals surface area contributed by atoms with Crippen LogP contribution in [0.25, 0.3) is 11.0 Å². The molecular formula is C9H9N3O. The molecule has 0 aliphatic carbocycles. The molecule has 0 aromatic carbocycles. The van der Waals surface area contributed by atoms with Crippen LogP contribution in [0, 0.1) is 0 Å². The van der Waals surface area contributed by atoms with Crippen molar-refractivity contribution in [2.24, 2.45) is 0 Å². The predicted molar refractivity (Wildman–Crippen MR) is 50.6 cm³/mol. The Bertz CT molecular complexity index is 495. The van der Waals surface area contributed by atoms with E-state index in [2.05, 4.69) is 21.5 Å². The first-order valence-corrected chi connectivity index (χ1v) is 3.97. The molecule has 2 N–H and O–H groups in total. The van der Waals surface area contributed by atoms with Crippen molar-refractivity contribution in [3.05, 3.63) is 41.1 Å². The minimum Gasteiger partial charge on any atom is -0.346 e. The Labute approximate surface area is 74.3 Å². The quantitative estimate of drug-likeness (QED) is 0.668. The molecule has 0 bridgehead atoms. The second kappa shape index (κ2) is 2.90. The summed E-state index contributed by atoms with van der Waals surface area (Å²) in [7, 11) is 0. The third-order valence-electron chi connectivity index (χ3n) is 1.92. The van der Waals surface area contributed by atoms with Gasteiger partial charge in [0.25, 0.3) is 5.56 Å². The van der Waals surface area contributed by atoms with E-state index in [1.54, 1.807) is 12.3 Å². The van der Waals surface area contributed by atoms with E-state index in [1.807, 2.05) is 0 Å². The number of fused-ring (bicyclic) bond motifs is 1. The molecule has 0 atom stereocenters. The summed E-state index contributed by atoms with van der Waals surface area (Å²) in [5, 5.41) is 0.627. The maximum absolute atomic E-state index is 11.4. The lowest BCUT2D eigenvalue weighted by molar-refractivity contribution is 1.16. The van der Waals surface area contributed by atoms with Crippen LogP contribution < -0.4 is 5.56 Å². The zero-order valence-corrected chi connectivity index (χ0v) is 7.00. The first-order chi connectivity index (χ1) is 6.33.